The van der Waals surface area contributed by atoms with Gasteiger partial charge in [0.25, 0.3) is 0 Å². The molecule has 5 nitrogen and oxygen atoms in total. The van der Waals surface area contributed by atoms with E-state index in [4.69, 9.17) is 9.26 Å². The zero-order chi connectivity index (χ0) is 17.3. The van der Waals surface area contributed by atoms with Crippen LogP contribution in [0.15, 0.2) is 28.8 Å². The lowest BCUT2D eigenvalue weighted by Gasteiger charge is -2.35. The van der Waals surface area contributed by atoms with E-state index in [0.29, 0.717) is 24.6 Å². The smallest absolute Gasteiger partial charge is 0.376 e. The maximum absolute atomic E-state index is 12.6. The van der Waals surface area contributed by atoms with E-state index >= 15 is 0 Å². The molecule has 1 fully saturated rings. The van der Waals surface area contributed by atoms with Gasteiger partial charge in [0.15, 0.2) is 0 Å². The number of hydrogen-bond acceptors (Lipinski definition) is 5. The van der Waals surface area contributed by atoms with Crippen LogP contribution in [-0.4, -0.2) is 40.3 Å². The van der Waals surface area contributed by atoms with Crippen molar-refractivity contribution in [2.24, 2.45) is 0 Å². The van der Waals surface area contributed by atoms with Gasteiger partial charge in [-0.05, 0) is 26.0 Å². The maximum Gasteiger partial charge on any atom is 0.416 e. The van der Waals surface area contributed by atoms with Crippen LogP contribution < -0.4 is 0 Å². The van der Waals surface area contributed by atoms with Crippen LogP contribution in [0.5, 0.6) is 0 Å². The molecule has 2 aromatic rings. The second-order valence-corrected chi connectivity index (χ2v) is 6.01. The minimum absolute atomic E-state index is 0.138. The van der Waals surface area contributed by atoms with Gasteiger partial charge in [0, 0.05) is 18.2 Å². The number of benzene rings is 1. The average molecular weight is 341 g/mol. The van der Waals surface area contributed by atoms with Crippen molar-refractivity contribution in [2.45, 2.75) is 38.7 Å². The Hall–Kier alpha value is -1.93. The van der Waals surface area contributed by atoms with E-state index in [1.165, 1.54) is 12.1 Å². The standard InChI is InChI=1S/C16H18F3N3O2/c1-10-9-23-11(2)7-22(10)8-14-20-15(21-24-14)12-3-5-13(6-4-12)16(17,18)19/h3-6,10-11H,7-9H2,1-2H3/t10-,11-/m1/s1. The molecule has 0 unspecified atom stereocenters. The van der Waals surface area contributed by atoms with Crippen LogP contribution in [-0.2, 0) is 17.5 Å². The third kappa shape index (κ3) is 3.76. The molecule has 8 heteroatoms. The van der Waals surface area contributed by atoms with Crippen LogP contribution in [0, 0.1) is 0 Å². The summed E-state index contributed by atoms with van der Waals surface area (Å²) >= 11 is 0. The second-order valence-electron chi connectivity index (χ2n) is 6.01. The molecule has 0 amide bonds. The van der Waals surface area contributed by atoms with Gasteiger partial charge in [-0.3, -0.25) is 4.90 Å². The van der Waals surface area contributed by atoms with Gasteiger partial charge >= 0.3 is 6.18 Å². The number of halogens is 3. The molecule has 24 heavy (non-hydrogen) atoms. The molecular weight excluding hydrogens is 323 g/mol. The van der Waals surface area contributed by atoms with Crippen molar-refractivity contribution >= 4 is 0 Å². The minimum Gasteiger partial charge on any atom is -0.376 e. The fourth-order valence-corrected chi connectivity index (χ4v) is 2.61. The van der Waals surface area contributed by atoms with Crippen LogP contribution in [0.25, 0.3) is 11.4 Å². The molecule has 130 valence electrons. The van der Waals surface area contributed by atoms with E-state index in [9.17, 15) is 13.2 Å². The van der Waals surface area contributed by atoms with E-state index in [-0.39, 0.29) is 18.0 Å². The molecule has 1 saturated heterocycles. The predicted octanol–water partition coefficient (Wildman–Crippen LogP) is 3.36. The summed E-state index contributed by atoms with van der Waals surface area (Å²) < 4.78 is 48.6. The molecule has 0 radical (unpaired) electrons. The van der Waals surface area contributed by atoms with Gasteiger partial charge in [0.2, 0.25) is 11.7 Å². The Morgan fingerprint density at radius 2 is 1.92 bits per heavy atom. The van der Waals surface area contributed by atoms with E-state index in [1.807, 2.05) is 6.92 Å². The van der Waals surface area contributed by atoms with Crippen LogP contribution in [0.4, 0.5) is 13.2 Å². The normalized spacial score (nSPS) is 22.7. The zero-order valence-electron chi connectivity index (χ0n) is 13.4. The molecule has 1 aliphatic heterocycles. The SMILES string of the molecule is C[C@@H]1CN(Cc2nc(-c3ccc(C(F)(F)F)cc3)no2)[C@H](C)CO1. The zero-order valence-corrected chi connectivity index (χ0v) is 13.4. The van der Waals surface area contributed by atoms with Gasteiger partial charge in [-0.25, -0.2) is 0 Å². The van der Waals surface area contributed by atoms with Gasteiger partial charge in [-0.2, -0.15) is 18.2 Å². The van der Waals surface area contributed by atoms with Gasteiger partial charge in [-0.15, -0.1) is 0 Å². The van der Waals surface area contributed by atoms with Gasteiger partial charge < -0.3 is 9.26 Å². The molecule has 2 heterocycles. The Balaban J connectivity index is 1.71. The Morgan fingerprint density at radius 1 is 1.21 bits per heavy atom. The number of ether oxygens (including phenoxy) is 1. The van der Waals surface area contributed by atoms with E-state index in [0.717, 1.165) is 18.7 Å². The Bertz CT molecular complexity index is 685. The van der Waals surface area contributed by atoms with Gasteiger partial charge in [-0.1, -0.05) is 17.3 Å². The average Bonchev–Trinajstić information content (AvgIpc) is 2.99. The fraction of sp³-hybridized carbons (Fsp3) is 0.500. The summed E-state index contributed by atoms with van der Waals surface area (Å²) in [6.45, 7) is 5.95. The second kappa shape index (κ2) is 6.52. The lowest BCUT2D eigenvalue weighted by molar-refractivity contribution is -0.137. The van der Waals surface area contributed by atoms with Crippen LogP contribution in [0.3, 0.4) is 0 Å². The minimum atomic E-state index is -4.36. The highest BCUT2D eigenvalue weighted by molar-refractivity contribution is 5.54. The predicted molar refractivity (Wildman–Crippen MR) is 80.0 cm³/mol. The van der Waals surface area contributed by atoms with Crippen molar-refractivity contribution in [2.75, 3.05) is 13.2 Å². The van der Waals surface area contributed by atoms with Crippen LogP contribution in [0.2, 0.25) is 0 Å². The largest absolute Gasteiger partial charge is 0.416 e. The summed E-state index contributed by atoms with van der Waals surface area (Å²) in [5.41, 5.74) is -0.215. The van der Waals surface area contributed by atoms with Crippen molar-refractivity contribution in [1.82, 2.24) is 15.0 Å². The number of rotatable bonds is 3. The Morgan fingerprint density at radius 3 is 2.58 bits per heavy atom. The molecular formula is C16H18F3N3O2. The molecule has 0 N–H and O–H groups in total. The Labute approximate surface area is 137 Å². The molecule has 0 aliphatic carbocycles. The van der Waals surface area contributed by atoms with Gasteiger partial charge in [0.1, 0.15) is 0 Å². The molecule has 1 aromatic carbocycles. The summed E-state index contributed by atoms with van der Waals surface area (Å²) in [6.07, 6.45) is -4.22. The number of morpholine rings is 1. The fourth-order valence-electron chi connectivity index (χ4n) is 2.61. The third-order valence-corrected chi connectivity index (χ3v) is 4.01. The first-order valence-corrected chi connectivity index (χ1v) is 7.69. The molecule has 0 spiro atoms. The van der Waals surface area contributed by atoms with E-state index in [1.54, 1.807) is 0 Å². The van der Waals surface area contributed by atoms with Crippen molar-refractivity contribution in [3.05, 3.63) is 35.7 Å². The van der Waals surface area contributed by atoms with Gasteiger partial charge in [0.05, 0.1) is 24.8 Å². The van der Waals surface area contributed by atoms with E-state index in [2.05, 4.69) is 22.0 Å². The highest BCUT2D eigenvalue weighted by Gasteiger charge is 2.30. The quantitative estimate of drug-likeness (QED) is 0.857. The molecule has 0 saturated carbocycles. The molecule has 2 atom stereocenters. The number of alkyl halides is 3. The highest BCUT2D eigenvalue weighted by Crippen LogP contribution is 2.30. The number of aromatic nitrogens is 2. The molecule has 0 bridgehead atoms. The lowest BCUT2D eigenvalue weighted by Crippen LogP contribution is -2.46. The highest BCUT2D eigenvalue weighted by atomic mass is 19.4. The lowest BCUT2D eigenvalue weighted by atomic mass is 10.1. The first-order valence-electron chi connectivity index (χ1n) is 7.69. The van der Waals surface area contributed by atoms with Crippen LogP contribution >= 0.6 is 0 Å². The first-order chi connectivity index (χ1) is 11.3. The van der Waals surface area contributed by atoms with Crippen molar-refractivity contribution in [3.8, 4) is 11.4 Å². The maximum atomic E-state index is 12.6. The summed E-state index contributed by atoms with van der Waals surface area (Å²) in [7, 11) is 0. The number of nitrogens with zero attached hydrogens (tertiary/aromatic N) is 3. The molecule has 1 aromatic heterocycles. The number of hydrogen-bond donors (Lipinski definition) is 0. The summed E-state index contributed by atoms with van der Waals surface area (Å²) in [5.74, 6) is 0.721. The molecule has 3 rings (SSSR count). The molecule has 1 aliphatic rings. The Kier molecular flexibility index (Phi) is 4.60. The van der Waals surface area contributed by atoms with Crippen molar-refractivity contribution in [1.29, 1.82) is 0 Å². The summed E-state index contributed by atoms with van der Waals surface area (Å²) in [4.78, 5) is 6.46. The summed E-state index contributed by atoms with van der Waals surface area (Å²) in [6, 6.07) is 4.95. The van der Waals surface area contributed by atoms with Crippen molar-refractivity contribution < 1.29 is 22.4 Å². The monoisotopic (exact) mass is 341 g/mol. The first kappa shape index (κ1) is 16.9. The topological polar surface area (TPSA) is 51.4 Å². The van der Waals surface area contributed by atoms with Crippen LogP contribution in [0.1, 0.15) is 25.3 Å². The summed E-state index contributed by atoms with van der Waals surface area (Å²) in [5, 5.41) is 3.86. The van der Waals surface area contributed by atoms with Crippen molar-refractivity contribution in [3.63, 3.8) is 0 Å². The third-order valence-electron chi connectivity index (χ3n) is 4.01. The van der Waals surface area contributed by atoms with E-state index < -0.39 is 11.7 Å².